The average molecular weight is 392 g/mol. The Kier molecular flexibility index (Phi) is 4.81. The molecule has 3 amide bonds. The second kappa shape index (κ2) is 6.38. The minimum absolute atomic E-state index is 0.210. The summed E-state index contributed by atoms with van der Waals surface area (Å²) >= 11 is 6.64. The van der Waals surface area contributed by atoms with E-state index in [2.05, 4.69) is 42.5 Å². The van der Waals surface area contributed by atoms with Gasteiger partial charge in [-0.15, -0.1) is 0 Å². The fraction of sp³-hybridized carbons (Fsp3) is 0.333. The van der Waals surface area contributed by atoms with Crippen LogP contribution in [0.1, 0.15) is 12.8 Å². The summed E-state index contributed by atoms with van der Waals surface area (Å²) < 4.78 is 6.95. The fourth-order valence-corrected chi connectivity index (χ4v) is 2.51. The van der Waals surface area contributed by atoms with Gasteiger partial charge in [0.15, 0.2) is 6.61 Å². The van der Waals surface area contributed by atoms with Gasteiger partial charge in [0, 0.05) is 10.5 Å². The molecule has 2 N–H and O–H groups in total. The van der Waals surface area contributed by atoms with E-state index in [4.69, 9.17) is 4.74 Å². The van der Waals surface area contributed by atoms with Crippen molar-refractivity contribution in [3.8, 4) is 5.75 Å². The Morgan fingerprint density at radius 1 is 1.32 bits per heavy atom. The molecule has 102 valence electrons. The molecule has 1 aliphatic rings. The average Bonchev–Trinajstić information content (AvgIpc) is 3.11. The van der Waals surface area contributed by atoms with Crippen molar-refractivity contribution in [3.05, 3.63) is 27.1 Å². The van der Waals surface area contributed by atoms with E-state index in [1.54, 1.807) is 12.1 Å². The summed E-state index contributed by atoms with van der Waals surface area (Å²) in [6.45, 7) is -0.210. The van der Waals surface area contributed by atoms with Crippen LogP contribution in [0.3, 0.4) is 0 Å². The van der Waals surface area contributed by atoms with Gasteiger partial charge < -0.3 is 10.1 Å². The molecule has 0 spiro atoms. The third-order valence-electron chi connectivity index (χ3n) is 2.42. The highest BCUT2D eigenvalue weighted by atomic mass is 79.9. The third kappa shape index (κ3) is 4.83. The minimum atomic E-state index is -0.479. The first kappa shape index (κ1) is 14.3. The molecular formula is C12H12Br2N2O3. The van der Waals surface area contributed by atoms with Crippen molar-refractivity contribution in [2.45, 2.75) is 18.9 Å². The molecule has 0 saturated heterocycles. The van der Waals surface area contributed by atoms with Gasteiger partial charge in [0.05, 0.1) is 4.47 Å². The maximum Gasteiger partial charge on any atom is 0.321 e. The Hall–Kier alpha value is -1.08. The quantitative estimate of drug-likeness (QED) is 0.828. The number of imide groups is 1. The maximum atomic E-state index is 11.5. The van der Waals surface area contributed by atoms with Crippen molar-refractivity contribution in [2.24, 2.45) is 0 Å². The van der Waals surface area contributed by atoms with E-state index in [-0.39, 0.29) is 12.6 Å². The lowest BCUT2D eigenvalue weighted by Gasteiger charge is -2.09. The number of halogens is 2. The number of amides is 3. The van der Waals surface area contributed by atoms with Crippen LogP contribution >= 0.6 is 31.9 Å². The first-order valence-corrected chi connectivity index (χ1v) is 7.31. The number of carbonyl (C=O) groups excluding carboxylic acids is 2. The molecule has 5 nitrogen and oxygen atoms in total. The third-order valence-corrected chi connectivity index (χ3v) is 3.53. The minimum Gasteiger partial charge on any atom is -0.483 e. The lowest BCUT2D eigenvalue weighted by molar-refractivity contribution is -0.122. The second-order valence-corrected chi connectivity index (χ2v) is 5.93. The van der Waals surface area contributed by atoms with Crippen LogP contribution in [-0.4, -0.2) is 24.6 Å². The van der Waals surface area contributed by atoms with E-state index < -0.39 is 11.9 Å². The van der Waals surface area contributed by atoms with Gasteiger partial charge in [0.1, 0.15) is 5.75 Å². The number of benzene rings is 1. The molecule has 0 radical (unpaired) electrons. The highest BCUT2D eigenvalue weighted by Crippen LogP contribution is 2.28. The van der Waals surface area contributed by atoms with Crippen molar-refractivity contribution in [1.29, 1.82) is 0 Å². The zero-order chi connectivity index (χ0) is 13.8. The molecule has 2 rings (SSSR count). The number of rotatable bonds is 4. The van der Waals surface area contributed by atoms with Crippen LogP contribution in [0.25, 0.3) is 0 Å². The largest absolute Gasteiger partial charge is 0.483 e. The Labute approximate surface area is 127 Å². The lowest BCUT2D eigenvalue weighted by Crippen LogP contribution is -2.42. The first-order chi connectivity index (χ1) is 9.04. The van der Waals surface area contributed by atoms with E-state index in [1.807, 2.05) is 6.07 Å². The normalized spacial score (nSPS) is 13.8. The van der Waals surface area contributed by atoms with E-state index in [9.17, 15) is 9.59 Å². The molecule has 0 heterocycles. The van der Waals surface area contributed by atoms with Crippen molar-refractivity contribution >= 4 is 43.8 Å². The summed E-state index contributed by atoms with van der Waals surface area (Å²) in [5.41, 5.74) is 0. The molecule has 7 heteroatoms. The van der Waals surface area contributed by atoms with E-state index in [0.717, 1.165) is 21.8 Å². The number of nitrogens with one attached hydrogen (secondary N) is 2. The molecule has 1 saturated carbocycles. The number of carbonyl (C=O) groups is 2. The van der Waals surface area contributed by atoms with Crippen LogP contribution in [-0.2, 0) is 4.79 Å². The predicted molar refractivity (Wildman–Crippen MR) is 77.0 cm³/mol. The Morgan fingerprint density at radius 2 is 2.05 bits per heavy atom. The van der Waals surface area contributed by atoms with Gasteiger partial charge in [-0.2, -0.15) is 0 Å². The van der Waals surface area contributed by atoms with Gasteiger partial charge in [-0.1, -0.05) is 15.9 Å². The first-order valence-electron chi connectivity index (χ1n) is 5.73. The van der Waals surface area contributed by atoms with Crippen molar-refractivity contribution < 1.29 is 14.3 Å². The van der Waals surface area contributed by atoms with Gasteiger partial charge >= 0.3 is 6.03 Å². The van der Waals surface area contributed by atoms with E-state index in [1.165, 1.54) is 0 Å². The van der Waals surface area contributed by atoms with Gasteiger partial charge in [0.2, 0.25) is 0 Å². The van der Waals surface area contributed by atoms with Crippen LogP contribution in [0, 0.1) is 0 Å². The summed E-state index contributed by atoms with van der Waals surface area (Å²) in [4.78, 5) is 22.8. The molecule has 1 aromatic carbocycles. The smallest absolute Gasteiger partial charge is 0.321 e. The van der Waals surface area contributed by atoms with Crippen molar-refractivity contribution in [2.75, 3.05) is 6.61 Å². The fourth-order valence-electron chi connectivity index (χ4n) is 1.35. The molecule has 19 heavy (non-hydrogen) atoms. The summed E-state index contributed by atoms with van der Waals surface area (Å²) in [5.74, 6) is 0.0638. The standard InChI is InChI=1S/C12H12Br2N2O3/c13-7-1-4-10(9(14)5-7)19-6-11(17)16-12(18)15-8-2-3-8/h1,4-5,8H,2-3,6H2,(H2,15,16,17,18). The Balaban J connectivity index is 1.77. The molecular weight excluding hydrogens is 380 g/mol. The number of hydrogen-bond donors (Lipinski definition) is 2. The topological polar surface area (TPSA) is 67.4 Å². The summed E-state index contributed by atoms with van der Waals surface area (Å²) in [5, 5.41) is 4.87. The molecule has 0 aromatic heterocycles. The molecule has 1 aromatic rings. The molecule has 0 unspecified atom stereocenters. The van der Waals surface area contributed by atoms with Crippen LogP contribution in [0.5, 0.6) is 5.75 Å². The van der Waals surface area contributed by atoms with Crippen LogP contribution in [0.15, 0.2) is 27.1 Å². The SMILES string of the molecule is O=C(COc1ccc(Br)cc1Br)NC(=O)NC1CC1. The van der Waals surface area contributed by atoms with Crippen LogP contribution in [0.2, 0.25) is 0 Å². The van der Waals surface area contributed by atoms with Gasteiger partial charge in [-0.25, -0.2) is 4.79 Å². The summed E-state index contributed by atoms with van der Waals surface area (Å²) in [6.07, 6.45) is 1.95. The molecule has 1 aliphatic carbocycles. The van der Waals surface area contributed by atoms with Gasteiger partial charge in [-0.05, 0) is 47.0 Å². The number of urea groups is 1. The maximum absolute atomic E-state index is 11.5. The predicted octanol–water partition coefficient (Wildman–Crippen LogP) is 2.58. The van der Waals surface area contributed by atoms with Crippen molar-refractivity contribution in [1.82, 2.24) is 10.6 Å². The van der Waals surface area contributed by atoms with E-state index in [0.29, 0.717) is 5.75 Å². The summed E-state index contributed by atoms with van der Waals surface area (Å²) in [6, 6.07) is 5.09. The van der Waals surface area contributed by atoms with Gasteiger partial charge in [-0.3, -0.25) is 10.1 Å². The number of ether oxygens (including phenoxy) is 1. The Morgan fingerprint density at radius 3 is 2.68 bits per heavy atom. The zero-order valence-electron chi connectivity index (χ0n) is 9.91. The Bertz CT molecular complexity index is 504. The number of hydrogen-bond acceptors (Lipinski definition) is 3. The monoisotopic (exact) mass is 390 g/mol. The highest BCUT2D eigenvalue weighted by molar-refractivity contribution is 9.11. The molecule has 0 atom stereocenters. The molecule has 1 fully saturated rings. The highest BCUT2D eigenvalue weighted by Gasteiger charge is 2.23. The van der Waals surface area contributed by atoms with Gasteiger partial charge in [0.25, 0.3) is 5.91 Å². The lowest BCUT2D eigenvalue weighted by atomic mass is 10.3. The van der Waals surface area contributed by atoms with Crippen LogP contribution < -0.4 is 15.4 Å². The van der Waals surface area contributed by atoms with E-state index >= 15 is 0 Å². The van der Waals surface area contributed by atoms with Crippen molar-refractivity contribution in [3.63, 3.8) is 0 Å². The summed E-state index contributed by atoms with van der Waals surface area (Å²) in [7, 11) is 0. The van der Waals surface area contributed by atoms with Crippen LogP contribution in [0.4, 0.5) is 4.79 Å². The molecule has 0 aliphatic heterocycles. The zero-order valence-corrected chi connectivity index (χ0v) is 13.1. The molecule has 0 bridgehead atoms. The second-order valence-electron chi connectivity index (χ2n) is 4.16.